The summed E-state index contributed by atoms with van der Waals surface area (Å²) in [6.07, 6.45) is -0.278. The maximum atomic E-state index is 8.86. The van der Waals surface area contributed by atoms with Crippen molar-refractivity contribution in [1.29, 1.82) is 5.26 Å². The molecule has 2 atom stereocenters. The molecule has 0 unspecified atom stereocenters. The lowest BCUT2D eigenvalue weighted by Gasteiger charge is -2.34. The lowest BCUT2D eigenvalue weighted by Crippen LogP contribution is -2.42. The number of hydrogen-bond donors (Lipinski definition) is 0. The Hall–Kier alpha value is -1.37. The van der Waals surface area contributed by atoms with Crippen LogP contribution in [0.5, 0.6) is 0 Å². The zero-order chi connectivity index (χ0) is 11.4. The van der Waals surface area contributed by atoms with Crippen molar-refractivity contribution in [2.75, 3.05) is 19.7 Å². The summed E-state index contributed by atoms with van der Waals surface area (Å²) in [7, 11) is 0. The van der Waals surface area contributed by atoms with Gasteiger partial charge in [0.25, 0.3) is 0 Å². The minimum atomic E-state index is -0.278. The van der Waals surface area contributed by atoms with Crippen LogP contribution in [0.3, 0.4) is 0 Å². The van der Waals surface area contributed by atoms with Gasteiger partial charge in [0.05, 0.1) is 12.7 Å². The molecular weight excluding hydrogens is 200 g/mol. The number of nitriles is 1. The van der Waals surface area contributed by atoms with E-state index in [9.17, 15) is 0 Å². The maximum absolute atomic E-state index is 8.86. The average Bonchev–Trinajstić information content (AvgIpc) is 2.39. The Kier molecular flexibility index (Phi) is 3.55. The second kappa shape index (κ2) is 5.11. The summed E-state index contributed by atoms with van der Waals surface area (Å²) in [6.45, 7) is 4.42. The van der Waals surface area contributed by atoms with Crippen LogP contribution in [0.1, 0.15) is 18.5 Å². The van der Waals surface area contributed by atoms with E-state index >= 15 is 0 Å². The molecule has 84 valence electrons. The van der Waals surface area contributed by atoms with Crippen molar-refractivity contribution in [3.8, 4) is 6.07 Å². The van der Waals surface area contributed by atoms with E-state index in [0.717, 1.165) is 6.54 Å². The van der Waals surface area contributed by atoms with Crippen molar-refractivity contribution in [2.45, 2.75) is 19.1 Å². The fourth-order valence-corrected chi connectivity index (χ4v) is 2.04. The van der Waals surface area contributed by atoms with E-state index in [1.807, 2.05) is 18.2 Å². The number of hydrogen-bond acceptors (Lipinski definition) is 3. The van der Waals surface area contributed by atoms with Crippen LogP contribution < -0.4 is 0 Å². The number of rotatable bonds is 2. The first-order valence-corrected chi connectivity index (χ1v) is 5.61. The predicted octanol–water partition coefficient (Wildman–Crippen LogP) is 1.97. The fraction of sp³-hybridized carbons (Fsp3) is 0.462. The number of ether oxygens (including phenoxy) is 1. The molecule has 16 heavy (non-hydrogen) atoms. The van der Waals surface area contributed by atoms with Gasteiger partial charge in [-0.15, -0.1) is 0 Å². The minimum absolute atomic E-state index is 0.278. The van der Waals surface area contributed by atoms with E-state index in [0.29, 0.717) is 19.2 Å². The molecule has 3 nitrogen and oxygen atoms in total. The van der Waals surface area contributed by atoms with Gasteiger partial charge in [0.2, 0.25) is 0 Å². The van der Waals surface area contributed by atoms with Gasteiger partial charge in [0.1, 0.15) is 0 Å². The third-order valence-electron chi connectivity index (χ3n) is 3.07. The van der Waals surface area contributed by atoms with Crippen molar-refractivity contribution in [2.24, 2.45) is 0 Å². The number of benzene rings is 1. The topological polar surface area (TPSA) is 36.3 Å². The van der Waals surface area contributed by atoms with Gasteiger partial charge in [-0.25, -0.2) is 0 Å². The average molecular weight is 216 g/mol. The van der Waals surface area contributed by atoms with Crippen molar-refractivity contribution >= 4 is 0 Å². The first-order valence-electron chi connectivity index (χ1n) is 5.61. The molecule has 0 spiro atoms. The molecule has 1 saturated heterocycles. The van der Waals surface area contributed by atoms with Crippen LogP contribution >= 0.6 is 0 Å². The van der Waals surface area contributed by atoms with E-state index in [-0.39, 0.29) is 6.10 Å². The molecular formula is C13H16N2O. The summed E-state index contributed by atoms with van der Waals surface area (Å²) in [5.41, 5.74) is 1.29. The molecule has 0 radical (unpaired) electrons. The van der Waals surface area contributed by atoms with Crippen molar-refractivity contribution in [1.82, 2.24) is 4.90 Å². The molecule has 0 bridgehead atoms. The van der Waals surface area contributed by atoms with E-state index in [1.165, 1.54) is 5.56 Å². The standard InChI is InChI=1S/C13H16N2O/c1-11(12-5-3-2-4-6-12)15-7-8-16-13(9-14)10-15/h2-6,11,13H,7-8,10H2,1H3/t11-,13+/m1/s1. The van der Waals surface area contributed by atoms with Gasteiger partial charge in [0, 0.05) is 19.1 Å². The minimum Gasteiger partial charge on any atom is -0.361 e. The van der Waals surface area contributed by atoms with Crippen LogP contribution in [-0.2, 0) is 4.74 Å². The molecule has 1 aromatic carbocycles. The third kappa shape index (κ3) is 2.41. The zero-order valence-electron chi connectivity index (χ0n) is 9.47. The summed E-state index contributed by atoms with van der Waals surface area (Å²) >= 11 is 0. The fourth-order valence-electron chi connectivity index (χ4n) is 2.04. The highest BCUT2D eigenvalue weighted by Crippen LogP contribution is 2.21. The molecule has 1 aromatic rings. The second-order valence-corrected chi connectivity index (χ2v) is 4.07. The highest BCUT2D eigenvalue weighted by molar-refractivity contribution is 5.18. The third-order valence-corrected chi connectivity index (χ3v) is 3.07. The predicted molar refractivity (Wildman–Crippen MR) is 61.8 cm³/mol. The van der Waals surface area contributed by atoms with Gasteiger partial charge in [-0.3, -0.25) is 4.90 Å². The first kappa shape index (κ1) is 11.1. The van der Waals surface area contributed by atoms with Crippen LogP contribution in [0.2, 0.25) is 0 Å². The normalized spacial score (nSPS) is 23.6. The van der Waals surface area contributed by atoms with Crippen LogP contribution in [0.25, 0.3) is 0 Å². The summed E-state index contributed by atoms with van der Waals surface area (Å²) in [4.78, 5) is 2.30. The molecule has 0 N–H and O–H groups in total. The van der Waals surface area contributed by atoms with Gasteiger partial charge in [0.15, 0.2) is 6.10 Å². The molecule has 1 aliphatic rings. The van der Waals surface area contributed by atoms with E-state index in [1.54, 1.807) is 0 Å². The SMILES string of the molecule is C[C@H](c1ccccc1)N1CCO[C@@H](C#N)C1. The summed E-state index contributed by atoms with van der Waals surface area (Å²) in [5, 5.41) is 8.86. The molecule has 1 heterocycles. The molecule has 3 heteroatoms. The number of nitrogens with zero attached hydrogens (tertiary/aromatic N) is 2. The maximum Gasteiger partial charge on any atom is 0.156 e. The van der Waals surface area contributed by atoms with Crippen LogP contribution in [0.4, 0.5) is 0 Å². The first-order chi connectivity index (χ1) is 7.81. The Morgan fingerprint density at radius 3 is 2.88 bits per heavy atom. The lowest BCUT2D eigenvalue weighted by atomic mass is 10.1. The summed E-state index contributed by atoms with van der Waals surface area (Å²) in [6, 6.07) is 12.9. The molecule has 2 rings (SSSR count). The van der Waals surface area contributed by atoms with E-state index in [2.05, 4.69) is 30.0 Å². The van der Waals surface area contributed by atoms with Crippen molar-refractivity contribution in [3.63, 3.8) is 0 Å². The highest BCUT2D eigenvalue weighted by atomic mass is 16.5. The Bertz CT molecular complexity index is 371. The molecule has 0 aromatic heterocycles. The molecule has 1 fully saturated rings. The van der Waals surface area contributed by atoms with Crippen molar-refractivity contribution in [3.05, 3.63) is 35.9 Å². The van der Waals surface area contributed by atoms with Crippen LogP contribution in [0.15, 0.2) is 30.3 Å². The van der Waals surface area contributed by atoms with Crippen molar-refractivity contribution < 1.29 is 4.74 Å². The summed E-state index contributed by atoms with van der Waals surface area (Å²) < 4.78 is 5.34. The van der Waals surface area contributed by atoms with Gasteiger partial charge < -0.3 is 4.74 Å². The Labute approximate surface area is 96.2 Å². The van der Waals surface area contributed by atoms with Gasteiger partial charge in [-0.1, -0.05) is 30.3 Å². The number of morpholine rings is 1. The highest BCUT2D eigenvalue weighted by Gasteiger charge is 2.24. The zero-order valence-corrected chi connectivity index (χ0v) is 9.47. The Morgan fingerprint density at radius 1 is 1.44 bits per heavy atom. The largest absolute Gasteiger partial charge is 0.361 e. The van der Waals surface area contributed by atoms with Gasteiger partial charge in [-0.05, 0) is 12.5 Å². The van der Waals surface area contributed by atoms with E-state index in [4.69, 9.17) is 10.00 Å². The van der Waals surface area contributed by atoms with E-state index < -0.39 is 0 Å². The molecule has 0 saturated carbocycles. The van der Waals surface area contributed by atoms with Crippen LogP contribution in [-0.4, -0.2) is 30.7 Å². The van der Waals surface area contributed by atoms with Gasteiger partial charge in [-0.2, -0.15) is 5.26 Å². The molecule has 0 aliphatic carbocycles. The quantitative estimate of drug-likeness (QED) is 0.758. The Morgan fingerprint density at radius 2 is 2.19 bits per heavy atom. The lowest BCUT2D eigenvalue weighted by molar-refractivity contribution is -0.0146. The summed E-state index contributed by atoms with van der Waals surface area (Å²) in [5.74, 6) is 0. The van der Waals surface area contributed by atoms with Crippen LogP contribution in [0, 0.1) is 11.3 Å². The Balaban J connectivity index is 2.05. The smallest absolute Gasteiger partial charge is 0.156 e. The molecule has 1 aliphatic heterocycles. The monoisotopic (exact) mass is 216 g/mol. The molecule has 0 amide bonds. The second-order valence-electron chi connectivity index (χ2n) is 4.07. The van der Waals surface area contributed by atoms with Gasteiger partial charge >= 0.3 is 0 Å².